The number of fused-ring (bicyclic) bond motifs is 1. The Hall–Kier alpha value is -1.02. The van der Waals surface area contributed by atoms with E-state index in [-0.39, 0.29) is 0 Å². The summed E-state index contributed by atoms with van der Waals surface area (Å²) in [6.45, 7) is 6.35. The molecule has 1 atom stereocenters. The van der Waals surface area contributed by atoms with Crippen LogP contribution < -0.4 is 10.1 Å². The van der Waals surface area contributed by atoms with Gasteiger partial charge in [0.05, 0.1) is 6.61 Å². The molecule has 0 radical (unpaired) electrons. The van der Waals surface area contributed by atoms with E-state index in [1.54, 1.807) is 0 Å². The minimum atomic E-state index is 0.472. The molecule has 0 fully saturated rings. The first-order valence-electron chi connectivity index (χ1n) is 7.28. The van der Waals surface area contributed by atoms with Gasteiger partial charge in [0, 0.05) is 11.6 Å². The summed E-state index contributed by atoms with van der Waals surface area (Å²) in [5.74, 6) is 1.11. The highest BCUT2D eigenvalue weighted by Crippen LogP contribution is 2.33. The van der Waals surface area contributed by atoms with Crippen LogP contribution in [0.2, 0.25) is 0 Å². The fourth-order valence-corrected chi connectivity index (χ4v) is 2.63. The van der Waals surface area contributed by atoms with E-state index < -0.39 is 0 Å². The molecule has 2 rings (SSSR count). The lowest BCUT2D eigenvalue weighted by molar-refractivity contribution is 0.313. The predicted octanol–water partition coefficient (Wildman–Crippen LogP) is 3.99. The lowest BCUT2D eigenvalue weighted by Gasteiger charge is -2.19. The topological polar surface area (TPSA) is 21.3 Å². The lowest BCUT2D eigenvalue weighted by Crippen LogP contribution is -2.22. The predicted molar refractivity (Wildman–Crippen MR) is 76.2 cm³/mol. The number of hydrogen-bond acceptors (Lipinski definition) is 2. The van der Waals surface area contributed by atoms with Crippen molar-refractivity contribution in [2.24, 2.45) is 0 Å². The molecule has 0 amide bonds. The normalized spacial score (nSPS) is 18.9. The Bertz CT molecular complexity index is 375. The van der Waals surface area contributed by atoms with E-state index in [4.69, 9.17) is 4.74 Å². The number of hydrogen-bond donors (Lipinski definition) is 1. The first-order valence-corrected chi connectivity index (χ1v) is 7.28. The van der Waals surface area contributed by atoms with Crippen molar-refractivity contribution in [1.29, 1.82) is 0 Å². The molecule has 2 heteroatoms. The van der Waals surface area contributed by atoms with Crippen LogP contribution in [0.4, 0.5) is 0 Å². The van der Waals surface area contributed by atoms with Crippen molar-refractivity contribution in [3.63, 3.8) is 0 Å². The van der Waals surface area contributed by atoms with Gasteiger partial charge in [0.15, 0.2) is 0 Å². The van der Waals surface area contributed by atoms with E-state index in [2.05, 4.69) is 37.4 Å². The summed E-state index contributed by atoms with van der Waals surface area (Å²) in [5.41, 5.74) is 2.61. The second-order valence-corrected chi connectivity index (χ2v) is 5.20. The maximum atomic E-state index is 5.90. The third-order valence-corrected chi connectivity index (χ3v) is 3.67. The van der Waals surface area contributed by atoms with Gasteiger partial charge >= 0.3 is 0 Å². The standard InChI is InChI=1S/C16H25NO/c1-3-4-5-11-17-15-10-7-12-18-16-13(2)8-6-9-14(15)16/h6,8-9,15,17H,3-5,7,10-12H2,1-2H3. The number of ether oxygens (including phenoxy) is 1. The Morgan fingerprint density at radius 2 is 2.22 bits per heavy atom. The number of rotatable bonds is 5. The molecule has 1 aromatic carbocycles. The van der Waals surface area contributed by atoms with Gasteiger partial charge in [-0.25, -0.2) is 0 Å². The van der Waals surface area contributed by atoms with Gasteiger partial charge in [-0.2, -0.15) is 0 Å². The average Bonchev–Trinajstić information content (AvgIpc) is 2.58. The fraction of sp³-hybridized carbons (Fsp3) is 0.625. The first kappa shape index (κ1) is 13.4. The maximum absolute atomic E-state index is 5.90. The zero-order valence-electron chi connectivity index (χ0n) is 11.7. The molecule has 100 valence electrons. The molecule has 0 bridgehead atoms. The van der Waals surface area contributed by atoms with Gasteiger partial charge in [0.1, 0.15) is 5.75 Å². The molecule has 18 heavy (non-hydrogen) atoms. The smallest absolute Gasteiger partial charge is 0.126 e. The summed E-state index contributed by atoms with van der Waals surface area (Å²) in [6.07, 6.45) is 6.19. The van der Waals surface area contributed by atoms with Crippen molar-refractivity contribution in [1.82, 2.24) is 5.32 Å². The van der Waals surface area contributed by atoms with Crippen LogP contribution >= 0.6 is 0 Å². The Balaban J connectivity index is 2.05. The minimum absolute atomic E-state index is 0.472. The van der Waals surface area contributed by atoms with Crippen LogP contribution in [-0.4, -0.2) is 13.2 Å². The fourth-order valence-electron chi connectivity index (χ4n) is 2.63. The van der Waals surface area contributed by atoms with Crippen molar-refractivity contribution in [2.75, 3.05) is 13.2 Å². The highest BCUT2D eigenvalue weighted by atomic mass is 16.5. The molecular formula is C16H25NO. The summed E-state index contributed by atoms with van der Waals surface area (Å²) in [7, 11) is 0. The Labute approximate surface area is 111 Å². The molecular weight excluding hydrogens is 222 g/mol. The number of aryl methyl sites for hydroxylation is 1. The molecule has 1 N–H and O–H groups in total. The van der Waals surface area contributed by atoms with Crippen LogP contribution in [0.15, 0.2) is 18.2 Å². The SMILES string of the molecule is CCCCCNC1CCCOc2c(C)cccc21. The van der Waals surface area contributed by atoms with Crippen LogP contribution in [0.5, 0.6) is 5.75 Å². The molecule has 0 saturated carbocycles. The van der Waals surface area contributed by atoms with Crippen molar-refractivity contribution in [3.8, 4) is 5.75 Å². The van der Waals surface area contributed by atoms with E-state index in [1.165, 1.54) is 36.8 Å². The summed E-state index contributed by atoms with van der Waals surface area (Å²) >= 11 is 0. The average molecular weight is 247 g/mol. The molecule has 0 spiro atoms. The highest BCUT2D eigenvalue weighted by molar-refractivity contribution is 5.43. The van der Waals surface area contributed by atoms with Gasteiger partial charge in [-0.15, -0.1) is 0 Å². The summed E-state index contributed by atoms with van der Waals surface area (Å²) in [6, 6.07) is 6.96. The minimum Gasteiger partial charge on any atom is -0.493 e. The van der Waals surface area contributed by atoms with Gasteiger partial charge in [-0.05, 0) is 38.3 Å². The second kappa shape index (κ2) is 6.79. The van der Waals surface area contributed by atoms with Gasteiger partial charge in [-0.3, -0.25) is 0 Å². The third-order valence-electron chi connectivity index (χ3n) is 3.67. The molecule has 0 aliphatic carbocycles. The van der Waals surface area contributed by atoms with Crippen LogP contribution in [0.1, 0.15) is 56.2 Å². The monoisotopic (exact) mass is 247 g/mol. The van der Waals surface area contributed by atoms with Gasteiger partial charge in [0.2, 0.25) is 0 Å². The molecule has 0 saturated heterocycles. The van der Waals surface area contributed by atoms with E-state index in [9.17, 15) is 0 Å². The Morgan fingerprint density at radius 3 is 3.06 bits per heavy atom. The van der Waals surface area contributed by atoms with E-state index in [0.29, 0.717) is 6.04 Å². The molecule has 1 heterocycles. The Morgan fingerprint density at radius 1 is 1.33 bits per heavy atom. The molecule has 1 unspecified atom stereocenters. The molecule has 1 aliphatic rings. The highest BCUT2D eigenvalue weighted by Gasteiger charge is 2.19. The largest absolute Gasteiger partial charge is 0.493 e. The van der Waals surface area contributed by atoms with Crippen LogP contribution in [-0.2, 0) is 0 Å². The Kier molecular flexibility index (Phi) is 5.06. The second-order valence-electron chi connectivity index (χ2n) is 5.20. The number of unbranched alkanes of at least 4 members (excludes halogenated alkanes) is 2. The maximum Gasteiger partial charge on any atom is 0.126 e. The lowest BCUT2D eigenvalue weighted by atomic mass is 9.99. The van der Waals surface area contributed by atoms with Crippen LogP contribution in [0.25, 0.3) is 0 Å². The number of benzene rings is 1. The van der Waals surface area contributed by atoms with E-state index >= 15 is 0 Å². The van der Waals surface area contributed by atoms with Crippen molar-refractivity contribution in [3.05, 3.63) is 29.3 Å². The summed E-state index contributed by atoms with van der Waals surface area (Å²) in [4.78, 5) is 0. The van der Waals surface area contributed by atoms with Gasteiger partial charge in [0.25, 0.3) is 0 Å². The van der Waals surface area contributed by atoms with Gasteiger partial charge in [-0.1, -0.05) is 38.0 Å². The van der Waals surface area contributed by atoms with Crippen LogP contribution in [0.3, 0.4) is 0 Å². The van der Waals surface area contributed by atoms with Gasteiger partial charge < -0.3 is 10.1 Å². The third kappa shape index (κ3) is 3.26. The summed E-state index contributed by atoms with van der Waals surface area (Å²) < 4.78 is 5.90. The van der Waals surface area contributed by atoms with Crippen molar-refractivity contribution in [2.45, 2.75) is 52.0 Å². The summed E-state index contributed by atoms with van der Waals surface area (Å²) in [5, 5.41) is 3.70. The number of nitrogens with one attached hydrogen (secondary N) is 1. The van der Waals surface area contributed by atoms with E-state index in [1.807, 2.05) is 0 Å². The zero-order valence-corrected chi connectivity index (χ0v) is 11.7. The zero-order chi connectivity index (χ0) is 12.8. The molecule has 1 aliphatic heterocycles. The van der Waals surface area contributed by atoms with Crippen LogP contribution in [0, 0.1) is 6.92 Å². The molecule has 1 aromatic rings. The molecule has 2 nitrogen and oxygen atoms in total. The quantitative estimate of drug-likeness (QED) is 0.794. The molecule has 0 aromatic heterocycles. The van der Waals surface area contributed by atoms with E-state index in [0.717, 1.165) is 25.3 Å². The number of para-hydroxylation sites is 1. The van der Waals surface area contributed by atoms with Crippen molar-refractivity contribution >= 4 is 0 Å². The first-order chi connectivity index (χ1) is 8.83. The van der Waals surface area contributed by atoms with Crippen molar-refractivity contribution < 1.29 is 4.74 Å².